The number of hydrogen-bond donors (Lipinski definition) is 1. The molecule has 1 heterocycles. The largest absolute Gasteiger partial charge is 0.455 e. The van der Waals surface area contributed by atoms with Gasteiger partial charge < -0.3 is 9.84 Å². The quantitative estimate of drug-likeness (QED) is 0.252. The fourth-order valence-electron chi connectivity index (χ4n) is 3.99. The third kappa shape index (κ3) is 11.5. The number of hydrogen-bond acceptors (Lipinski definition) is 3. The van der Waals surface area contributed by atoms with E-state index in [0.29, 0.717) is 24.2 Å². The molecule has 1 aliphatic rings. The molecule has 1 N–H and O–H groups in total. The van der Waals surface area contributed by atoms with Gasteiger partial charge in [-0.05, 0) is 62.4 Å². The molecule has 0 radical (unpaired) electrons. The number of rotatable bonds is 8. The minimum atomic E-state index is -1.03. The van der Waals surface area contributed by atoms with Crippen molar-refractivity contribution in [3.8, 4) is 0 Å². The Hall–Kier alpha value is -1.61. The molecule has 0 aliphatic carbocycles. The number of carbonyl (C=O) groups is 1. The molecule has 6 atom stereocenters. The minimum Gasteiger partial charge on any atom is -0.455 e. The van der Waals surface area contributed by atoms with Crippen molar-refractivity contribution in [1.82, 2.24) is 0 Å². The molecular weight excluding hydrogens is 384 g/mol. The Morgan fingerprint density at radius 3 is 2.68 bits per heavy atom. The molecule has 0 saturated heterocycles. The van der Waals surface area contributed by atoms with Crippen LogP contribution in [0.3, 0.4) is 0 Å². The zero-order valence-electron chi connectivity index (χ0n) is 20.7. The molecule has 176 valence electrons. The van der Waals surface area contributed by atoms with Crippen LogP contribution in [-0.4, -0.2) is 23.3 Å². The SMILES string of the molecule is CCCC(C)C=CCC(C)C=CC=C(C)C1OC(=O)C(O)CCCC(C)C/C=C\C1C. The predicted octanol–water partition coefficient (Wildman–Crippen LogP) is 7.18. The van der Waals surface area contributed by atoms with E-state index < -0.39 is 12.1 Å². The van der Waals surface area contributed by atoms with Crippen LogP contribution in [0.15, 0.2) is 48.1 Å². The smallest absolute Gasteiger partial charge is 0.335 e. The van der Waals surface area contributed by atoms with Gasteiger partial charge in [-0.25, -0.2) is 4.79 Å². The van der Waals surface area contributed by atoms with Crippen molar-refractivity contribution >= 4 is 5.97 Å². The zero-order chi connectivity index (χ0) is 23.2. The lowest BCUT2D eigenvalue weighted by Crippen LogP contribution is -2.32. The summed E-state index contributed by atoms with van der Waals surface area (Å²) in [5.41, 5.74) is 0.998. The van der Waals surface area contributed by atoms with Gasteiger partial charge in [0.1, 0.15) is 6.10 Å². The number of aliphatic hydroxyl groups is 1. The maximum Gasteiger partial charge on any atom is 0.335 e. The first-order chi connectivity index (χ1) is 14.7. The van der Waals surface area contributed by atoms with Gasteiger partial charge in [-0.2, -0.15) is 0 Å². The molecule has 3 nitrogen and oxygen atoms in total. The summed E-state index contributed by atoms with van der Waals surface area (Å²) in [5.74, 6) is 1.22. The molecule has 6 unspecified atom stereocenters. The molecule has 1 rings (SSSR count). The van der Waals surface area contributed by atoms with Crippen LogP contribution in [0.25, 0.3) is 0 Å². The summed E-state index contributed by atoms with van der Waals surface area (Å²) in [6, 6.07) is 0. The highest BCUT2D eigenvalue weighted by atomic mass is 16.6. The molecule has 0 bridgehead atoms. The van der Waals surface area contributed by atoms with Gasteiger partial charge in [0.15, 0.2) is 6.10 Å². The lowest BCUT2D eigenvalue weighted by molar-refractivity contribution is -0.159. The Bertz CT molecular complexity index is 628. The molecule has 1 aliphatic heterocycles. The molecule has 31 heavy (non-hydrogen) atoms. The zero-order valence-corrected chi connectivity index (χ0v) is 20.7. The maximum atomic E-state index is 12.4. The summed E-state index contributed by atoms with van der Waals surface area (Å²) < 4.78 is 5.75. The van der Waals surface area contributed by atoms with E-state index >= 15 is 0 Å². The number of aliphatic hydroxyl groups excluding tert-OH is 1. The topological polar surface area (TPSA) is 46.5 Å². The highest BCUT2D eigenvalue weighted by Gasteiger charge is 2.26. The summed E-state index contributed by atoms with van der Waals surface area (Å²) in [6.45, 7) is 13.0. The first-order valence-electron chi connectivity index (χ1n) is 12.3. The van der Waals surface area contributed by atoms with Crippen LogP contribution in [0.2, 0.25) is 0 Å². The van der Waals surface area contributed by atoms with Gasteiger partial charge >= 0.3 is 5.97 Å². The number of allylic oxidation sites excluding steroid dienone is 6. The molecule has 3 heteroatoms. The monoisotopic (exact) mass is 430 g/mol. The molecule has 0 aromatic rings. The van der Waals surface area contributed by atoms with Gasteiger partial charge in [0.25, 0.3) is 0 Å². The van der Waals surface area contributed by atoms with Gasteiger partial charge in [-0.3, -0.25) is 0 Å². The van der Waals surface area contributed by atoms with Crippen LogP contribution in [0.1, 0.15) is 86.5 Å². The van der Waals surface area contributed by atoms with E-state index in [0.717, 1.165) is 31.3 Å². The van der Waals surface area contributed by atoms with E-state index in [1.807, 2.05) is 13.0 Å². The van der Waals surface area contributed by atoms with E-state index in [1.54, 1.807) is 0 Å². The molecule has 0 amide bonds. The van der Waals surface area contributed by atoms with Crippen molar-refractivity contribution in [3.05, 3.63) is 48.1 Å². The van der Waals surface area contributed by atoms with Crippen molar-refractivity contribution in [2.45, 2.75) is 98.7 Å². The van der Waals surface area contributed by atoms with Crippen molar-refractivity contribution < 1.29 is 14.6 Å². The third-order valence-corrected chi connectivity index (χ3v) is 6.11. The summed E-state index contributed by atoms with van der Waals surface area (Å²) >= 11 is 0. The van der Waals surface area contributed by atoms with Gasteiger partial charge in [0, 0.05) is 5.92 Å². The Morgan fingerprint density at radius 1 is 1.23 bits per heavy atom. The second kappa shape index (κ2) is 15.2. The molecular formula is C28H46O3. The highest BCUT2D eigenvalue weighted by Crippen LogP contribution is 2.23. The van der Waals surface area contributed by atoms with E-state index in [-0.39, 0.29) is 12.0 Å². The van der Waals surface area contributed by atoms with Crippen LogP contribution in [0.5, 0.6) is 0 Å². The van der Waals surface area contributed by atoms with Crippen molar-refractivity contribution in [3.63, 3.8) is 0 Å². The van der Waals surface area contributed by atoms with E-state index in [1.165, 1.54) is 12.8 Å². The van der Waals surface area contributed by atoms with Crippen LogP contribution in [0.4, 0.5) is 0 Å². The average molecular weight is 431 g/mol. The van der Waals surface area contributed by atoms with Crippen molar-refractivity contribution in [2.24, 2.45) is 23.7 Å². The fraction of sp³-hybridized carbons (Fsp3) is 0.679. The van der Waals surface area contributed by atoms with Crippen LogP contribution in [-0.2, 0) is 9.53 Å². The van der Waals surface area contributed by atoms with E-state index in [9.17, 15) is 9.90 Å². The summed E-state index contributed by atoms with van der Waals surface area (Å²) in [6.07, 6.45) is 20.7. The predicted molar refractivity (Wildman–Crippen MR) is 132 cm³/mol. The Morgan fingerprint density at radius 2 is 1.97 bits per heavy atom. The third-order valence-electron chi connectivity index (χ3n) is 6.11. The summed E-state index contributed by atoms with van der Waals surface area (Å²) in [4.78, 5) is 12.4. The van der Waals surface area contributed by atoms with Crippen LogP contribution in [0, 0.1) is 23.7 Å². The molecule has 0 fully saturated rings. The molecule has 0 spiro atoms. The molecule has 0 aromatic carbocycles. The van der Waals surface area contributed by atoms with Gasteiger partial charge in [0.05, 0.1) is 0 Å². The maximum absolute atomic E-state index is 12.4. The number of carbonyl (C=O) groups excluding carboxylic acids is 1. The Kier molecular flexibility index (Phi) is 13.5. The van der Waals surface area contributed by atoms with E-state index in [2.05, 4.69) is 71.1 Å². The number of esters is 1. The highest BCUT2D eigenvalue weighted by molar-refractivity contribution is 5.74. The normalized spacial score (nSPS) is 29.9. The number of ether oxygens (including phenoxy) is 1. The summed E-state index contributed by atoms with van der Waals surface area (Å²) in [7, 11) is 0. The molecule has 0 aromatic heterocycles. The molecule has 0 saturated carbocycles. The first kappa shape index (κ1) is 27.4. The first-order valence-corrected chi connectivity index (χ1v) is 12.3. The second-order valence-corrected chi connectivity index (χ2v) is 9.64. The minimum absolute atomic E-state index is 0.0628. The van der Waals surface area contributed by atoms with E-state index in [4.69, 9.17) is 4.74 Å². The Balaban J connectivity index is 2.80. The lowest BCUT2D eigenvalue weighted by atomic mass is 9.93. The fourth-order valence-corrected chi connectivity index (χ4v) is 3.99. The summed E-state index contributed by atoms with van der Waals surface area (Å²) in [5, 5.41) is 10.2. The van der Waals surface area contributed by atoms with Crippen molar-refractivity contribution in [2.75, 3.05) is 0 Å². The van der Waals surface area contributed by atoms with Gasteiger partial charge in [0.2, 0.25) is 0 Å². The number of cyclic esters (lactones) is 1. The van der Waals surface area contributed by atoms with Gasteiger partial charge in [-0.1, -0.05) is 90.0 Å². The lowest BCUT2D eigenvalue weighted by Gasteiger charge is -2.25. The van der Waals surface area contributed by atoms with Crippen LogP contribution >= 0.6 is 0 Å². The standard InChI is InChI=1S/C28H46O3/c1-7-12-21(2)13-8-14-22(3)15-9-18-24(5)27-25(6)19-10-16-23(4)17-11-20-26(29)28(30)31-27/h8-10,13,15,18-19,21-23,25-27,29H,7,11-12,14,16-17,20H2,1-6H3/b13-8?,15-9?,19-10-,24-18?. The second-order valence-electron chi connectivity index (χ2n) is 9.64. The van der Waals surface area contributed by atoms with Crippen molar-refractivity contribution in [1.29, 1.82) is 0 Å². The Labute approximate surface area is 191 Å². The van der Waals surface area contributed by atoms with Crippen LogP contribution < -0.4 is 0 Å². The average Bonchev–Trinajstić information content (AvgIpc) is 2.70. The van der Waals surface area contributed by atoms with Gasteiger partial charge in [-0.15, -0.1) is 0 Å².